The number of hydrogen-bond donors (Lipinski definition) is 1. The first kappa shape index (κ1) is 21.5. The van der Waals surface area contributed by atoms with Gasteiger partial charge in [0.15, 0.2) is 21.3 Å². The Morgan fingerprint density at radius 3 is 2.11 bits per heavy atom. The normalized spacial score (nSPS) is 11.0. The summed E-state index contributed by atoms with van der Waals surface area (Å²) < 4.78 is 53.1. The topological polar surface area (TPSA) is 90.9 Å². The number of halogens is 1. The van der Waals surface area contributed by atoms with Crippen LogP contribution in [-0.2, 0) is 21.2 Å². The standard InChI is InChI=1S/C19H22FNO6S/c1-25-16-11-18(27-3)17(26-2)10-13(16)12-21-19(22)8-9-28(23,24)15-6-4-14(20)5-7-15/h4-7,10-11H,8-9,12H2,1-3H3,(H,21,22). The van der Waals surface area contributed by atoms with Crippen molar-refractivity contribution in [1.29, 1.82) is 0 Å². The molecule has 0 radical (unpaired) electrons. The molecule has 1 amide bonds. The van der Waals surface area contributed by atoms with Crippen LogP contribution in [0, 0.1) is 5.82 Å². The van der Waals surface area contributed by atoms with Crippen molar-refractivity contribution < 1.29 is 31.8 Å². The smallest absolute Gasteiger partial charge is 0.221 e. The van der Waals surface area contributed by atoms with Crippen LogP contribution in [0.3, 0.4) is 0 Å². The maximum atomic E-state index is 12.9. The molecule has 0 atom stereocenters. The Balaban J connectivity index is 1.99. The van der Waals surface area contributed by atoms with Crippen molar-refractivity contribution in [1.82, 2.24) is 5.32 Å². The number of ether oxygens (including phenoxy) is 3. The molecule has 1 N–H and O–H groups in total. The van der Waals surface area contributed by atoms with Crippen LogP contribution < -0.4 is 19.5 Å². The predicted octanol–water partition coefficient (Wildman–Crippen LogP) is 2.33. The molecule has 0 unspecified atom stereocenters. The number of benzene rings is 2. The van der Waals surface area contributed by atoms with Crippen molar-refractivity contribution >= 4 is 15.7 Å². The van der Waals surface area contributed by atoms with Crippen LogP contribution in [0.1, 0.15) is 12.0 Å². The molecular formula is C19H22FNO6S. The van der Waals surface area contributed by atoms with Crippen molar-refractivity contribution in [3.63, 3.8) is 0 Å². The zero-order valence-corrected chi connectivity index (χ0v) is 16.6. The number of nitrogens with one attached hydrogen (secondary N) is 1. The number of sulfone groups is 1. The van der Waals surface area contributed by atoms with Crippen LogP contribution in [-0.4, -0.2) is 41.4 Å². The monoisotopic (exact) mass is 411 g/mol. The van der Waals surface area contributed by atoms with E-state index in [1.165, 1.54) is 33.5 Å². The summed E-state index contributed by atoms with van der Waals surface area (Å²) in [6.07, 6.45) is -0.227. The van der Waals surface area contributed by atoms with Crippen molar-refractivity contribution in [2.45, 2.75) is 17.9 Å². The number of carbonyl (C=O) groups is 1. The molecular weight excluding hydrogens is 389 g/mol. The molecule has 28 heavy (non-hydrogen) atoms. The third-order valence-corrected chi connectivity index (χ3v) is 5.77. The van der Waals surface area contributed by atoms with Gasteiger partial charge in [0.2, 0.25) is 5.91 Å². The Kier molecular flexibility index (Phi) is 7.22. The summed E-state index contributed by atoms with van der Waals surface area (Å²) in [7, 11) is 0.805. The van der Waals surface area contributed by atoms with Gasteiger partial charge in [-0.2, -0.15) is 0 Å². The quantitative estimate of drug-likeness (QED) is 0.637. The first-order chi connectivity index (χ1) is 13.3. The summed E-state index contributed by atoms with van der Waals surface area (Å²) in [5.41, 5.74) is 0.648. The van der Waals surface area contributed by atoms with Crippen molar-refractivity contribution in [2.24, 2.45) is 0 Å². The molecule has 2 aromatic rings. The summed E-state index contributed by atoms with van der Waals surface area (Å²) in [4.78, 5) is 12.1. The molecule has 0 aliphatic carbocycles. The van der Waals surface area contributed by atoms with Gasteiger partial charge < -0.3 is 19.5 Å². The van der Waals surface area contributed by atoms with Gasteiger partial charge in [-0.15, -0.1) is 0 Å². The maximum absolute atomic E-state index is 12.9. The van der Waals surface area contributed by atoms with Gasteiger partial charge in [0.25, 0.3) is 0 Å². The highest BCUT2D eigenvalue weighted by Gasteiger charge is 2.17. The van der Waals surface area contributed by atoms with E-state index in [0.717, 1.165) is 12.1 Å². The molecule has 9 heteroatoms. The van der Waals surface area contributed by atoms with Gasteiger partial charge in [-0.3, -0.25) is 4.79 Å². The molecule has 7 nitrogen and oxygen atoms in total. The van der Waals surface area contributed by atoms with E-state index in [1.54, 1.807) is 12.1 Å². The van der Waals surface area contributed by atoms with E-state index in [2.05, 4.69) is 5.32 Å². The molecule has 2 rings (SSSR count). The maximum Gasteiger partial charge on any atom is 0.221 e. The van der Waals surface area contributed by atoms with E-state index in [1.807, 2.05) is 0 Å². The first-order valence-corrected chi connectivity index (χ1v) is 10.00. The lowest BCUT2D eigenvalue weighted by Gasteiger charge is -2.14. The van der Waals surface area contributed by atoms with Crippen LogP contribution in [0.25, 0.3) is 0 Å². The van der Waals surface area contributed by atoms with Crippen LogP contribution in [0.4, 0.5) is 4.39 Å². The molecule has 0 spiro atoms. The molecule has 0 bridgehead atoms. The van der Waals surface area contributed by atoms with E-state index in [-0.39, 0.29) is 23.6 Å². The van der Waals surface area contributed by atoms with E-state index >= 15 is 0 Å². The Morgan fingerprint density at radius 1 is 0.964 bits per heavy atom. The fourth-order valence-electron chi connectivity index (χ4n) is 2.50. The summed E-state index contributed by atoms with van der Waals surface area (Å²) in [5, 5.41) is 2.66. The Morgan fingerprint density at radius 2 is 1.54 bits per heavy atom. The molecule has 0 aliphatic rings. The highest BCUT2D eigenvalue weighted by Crippen LogP contribution is 2.34. The average molecular weight is 411 g/mol. The second kappa shape index (κ2) is 9.41. The predicted molar refractivity (Wildman–Crippen MR) is 101 cm³/mol. The number of rotatable bonds is 9. The molecule has 0 aliphatic heterocycles. The first-order valence-electron chi connectivity index (χ1n) is 8.34. The number of hydrogen-bond acceptors (Lipinski definition) is 6. The third-order valence-electron chi connectivity index (χ3n) is 4.03. The summed E-state index contributed by atoms with van der Waals surface area (Å²) in [5.74, 6) is 0.110. The van der Waals surface area contributed by atoms with Crippen LogP contribution >= 0.6 is 0 Å². The summed E-state index contributed by atoms with van der Waals surface area (Å²) in [6, 6.07) is 7.80. The van der Waals surface area contributed by atoms with Crippen molar-refractivity contribution in [3.8, 4) is 17.2 Å². The molecule has 0 saturated carbocycles. The molecule has 0 saturated heterocycles. The zero-order valence-electron chi connectivity index (χ0n) is 15.8. The molecule has 0 aromatic heterocycles. The Hall–Kier alpha value is -2.81. The largest absolute Gasteiger partial charge is 0.496 e. The molecule has 2 aromatic carbocycles. The van der Waals surface area contributed by atoms with Crippen LogP contribution in [0.2, 0.25) is 0 Å². The van der Waals surface area contributed by atoms with Gasteiger partial charge in [-0.1, -0.05) is 0 Å². The average Bonchev–Trinajstić information content (AvgIpc) is 2.70. The fourth-order valence-corrected chi connectivity index (χ4v) is 3.74. The minimum atomic E-state index is -3.68. The number of amides is 1. The minimum absolute atomic E-state index is 0.0248. The fraction of sp³-hybridized carbons (Fsp3) is 0.316. The van der Waals surface area contributed by atoms with Gasteiger partial charge in [0.05, 0.1) is 32.0 Å². The lowest BCUT2D eigenvalue weighted by Crippen LogP contribution is -2.25. The highest BCUT2D eigenvalue weighted by molar-refractivity contribution is 7.91. The van der Waals surface area contributed by atoms with Crippen LogP contribution in [0.5, 0.6) is 17.2 Å². The van der Waals surface area contributed by atoms with E-state index in [4.69, 9.17) is 14.2 Å². The van der Waals surface area contributed by atoms with E-state index in [0.29, 0.717) is 22.8 Å². The summed E-state index contributed by atoms with van der Waals surface area (Å²) >= 11 is 0. The van der Waals surface area contributed by atoms with Gasteiger partial charge >= 0.3 is 0 Å². The molecule has 0 fully saturated rings. The highest BCUT2D eigenvalue weighted by atomic mass is 32.2. The van der Waals surface area contributed by atoms with Crippen LogP contribution in [0.15, 0.2) is 41.3 Å². The van der Waals surface area contributed by atoms with Crippen molar-refractivity contribution in [2.75, 3.05) is 27.1 Å². The Bertz CT molecular complexity index is 928. The van der Waals surface area contributed by atoms with Gasteiger partial charge in [0.1, 0.15) is 11.6 Å². The second-order valence-corrected chi connectivity index (χ2v) is 7.93. The second-order valence-electron chi connectivity index (χ2n) is 5.82. The minimum Gasteiger partial charge on any atom is -0.496 e. The van der Waals surface area contributed by atoms with Gasteiger partial charge in [0, 0.05) is 24.6 Å². The molecule has 152 valence electrons. The Labute approximate surface area is 163 Å². The SMILES string of the molecule is COc1cc(OC)c(OC)cc1CNC(=O)CCS(=O)(=O)c1ccc(F)cc1. The third kappa shape index (κ3) is 5.35. The van der Waals surface area contributed by atoms with E-state index < -0.39 is 21.6 Å². The number of methoxy groups -OCH3 is 3. The van der Waals surface area contributed by atoms with E-state index in [9.17, 15) is 17.6 Å². The zero-order chi connectivity index (χ0) is 20.7. The van der Waals surface area contributed by atoms with Crippen molar-refractivity contribution in [3.05, 3.63) is 47.8 Å². The lowest BCUT2D eigenvalue weighted by atomic mass is 10.1. The van der Waals surface area contributed by atoms with Gasteiger partial charge in [-0.25, -0.2) is 12.8 Å². The number of carbonyl (C=O) groups excluding carboxylic acids is 1. The van der Waals surface area contributed by atoms with Gasteiger partial charge in [-0.05, 0) is 30.3 Å². The lowest BCUT2D eigenvalue weighted by molar-refractivity contribution is -0.120. The molecule has 0 heterocycles. The summed E-state index contributed by atoms with van der Waals surface area (Å²) in [6.45, 7) is 0.124.